The van der Waals surface area contributed by atoms with Crippen molar-refractivity contribution < 1.29 is 19.3 Å². The zero-order valence-corrected chi connectivity index (χ0v) is 15.6. The van der Waals surface area contributed by atoms with Gasteiger partial charge in [-0.1, -0.05) is 18.2 Å². The average Bonchev–Trinajstić information content (AvgIpc) is 2.73. The van der Waals surface area contributed by atoms with Gasteiger partial charge in [0.1, 0.15) is 0 Å². The van der Waals surface area contributed by atoms with Gasteiger partial charge in [-0.2, -0.15) is 4.99 Å². The van der Waals surface area contributed by atoms with Crippen molar-refractivity contribution in [3.63, 3.8) is 0 Å². The second-order valence-corrected chi connectivity index (χ2v) is 6.78. The molecule has 0 unspecified atom stereocenters. The smallest absolute Gasteiger partial charge is 0.293 e. The lowest BCUT2D eigenvalue weighted by molar-refractivity contribution is 0.0272. The Hall–Kier alpha value is -2.73. The molecule has 2 aliphatic rings. The summed E-state index contributed by atoms with van der Waals surface area (Å²) in [4.78, 5) is 6.86. The van der Waals surface area contributed by atoms with Crippen molar-refractivity contribution in [3.05, 3.63) is 53.6 Å². The molecule has 142 valence electrons. The highest BCUT2D eigenvalue weighted by Crippen LogP contribution is 2.43. The molecule has 2 heterocycles. The fraction of sp³-hybridized carbons (Fsp3) is 0.381. The number of aliphatic hydroxyl groups excluding tert-OH is 1. The minimum Gasteiger partial charge on any atom is -0.493 e. The predicted molar refractivity (Wildman–Crippen MR) is 103 cm³/mol. The van der Waals surface area contributed by atoms with E-state index < -0.39 is 0 Å². The monoisotopic (exact) mass is 368 g/mol. The number of hydrogen-bond acceptors (Lipinski definition) is 5. The molecule has 2 aromatic rings. The zero-order valence-electron chi connectivity index (χ0n) is 15.6. The van der Waals surface area contributed by atoms with Crippen molar-refractivity contribution in [1.29, 1.82) is 0 Å². The molecule has 0 saturated carbocycles. The summed E-state index contributed by atoms with van der Waals surface area (Å²) in [5.74, 6) is 1.40. The van der Waals surface area contributed by atoms with Gasteiger partial charge in [-0.15, -0.1) is 0 Å². The molecule has 1 N–H and O–H groups in total. The van der Waals surface area contributed by atoms with Crippen molar-refractivity contribution in [2.75, 3.05) is 34.0 Å². The Balaban J connectivity index is 1.76. The third kappa shape index (κ3) is 3.21. The van der Waals surface area contributed by atoms with Crippen molar-refractivity contribution in [1.82, 2.24) is 4.90 Å². The summed E-state index contributed by atoms with van der Waals surface area (Å²) < 4.78 is 16.9. The molecule has 0 amide bonds. The molecule has 0 bridgehead atoms. The Morgan fingerprint density at radius 2 is 1.89 bits per heavy atom. The molecule has 6 nitrogen and oxygen atoms in total. The van der Waals surface area contributed by atoms with Crippen LogP contribution in [0.15, 0.2) is 47.5 Å². The summed E-state index contributed by atoms with van der Waals surface area (Å²) in [5, 5.41) is 9.96. The molecule has 2 aromatic carbocycles. The van der Waals surface area contributed by atoms with Gasteiger partial charge in [0.05, 0.1) is 39.2 Å². The van der Waals surface area contributed by atoms with Crippen molar-refractivity contribution >= 4 is 11.7 Å². The van der Waals surface area contributed by atoms with Crippen LogP contribution in [0.1, 0.15) is 17.2 Å². The van der Waals surface area contributed by atoms with Crippen LogP contribution in [-0.4, -0.2) is 50.0 Å². The molecule has 6 heteroatoms. The predicted octanol–water partition coefficient (Wildman–Crippen LogP) is 2.93. The quantitative estimate of drug-likeness (QED) is 0.899. The molecule has 0 radical (unpaired) electrons. The van der Waals surface area contributed by atoms with E-state index in [1.165, 1.54) is 5.56 Å². The van der Waals surface area contributed by atoms with Gasteiger partial charge in [0.15, 0.2) is 11.5 Å². The second kappa shape index (κ2) is 7.48. The van der Waals surface area contributed by atoms with Gasteiger partial charge in [0.2, 0.25) is 0 Å². The third-order valence-electron chi connectivity index (χ3n) is 5.26. The normalized spacial score (nSPS) is 22.6. The first kappa shape index (κ1) is 17.7. The van der Waals surface area contributed by atoms with Crippen LogP contribution in [-0.2, 0) is 11.2 Å². The first-order valence-electron chi connectivity index (χ1n) is 9.14. The Morgan fingerprint density at radius 1 is 1.15 bits per heavy atom. The average molecular weight is 368 g/mol. The molecule has 2 aliphatic heterocycles. The van der Waals surface area contributed by atoms with Crippen LogP contribution in [0.3, 0.4) is 0 Å². The minimum absolute atomic E-state index is 0.00484. The third-order valence-corrected chi connectivity index (χ3v) is 5.26. The lowest BCUT2D eigenvalue weighted by atomic mass is 9.84. The van der Waals surface area contributed by atoms with E-state index in [4.69, 9.17) is 19.2 Å². The van der Waals surface area contributed by atoms with E-state index in [1.54, 1.807) is 14.2 Å². The van der Waals surface area contributed by atoms with E-state index in [0.29, 0.717) is 18.4 Å². The molecule has 1 fully saturated rings. The first-order chi connectivity index (χ1) is 13.2. The van der Waals surface area contributed by atoms with Gasteiger partial charge in [0.25, 0.3) is 6.02 Å². The SMILES string of the molecule is COc1cc2c(cc1OC)[C@H]1[C@H](CO)COC(=Nc3ccccc3)N1CC2. The van der Waals surface area contributed by atoms with E-state index in [1.807, 2.05) is 42.5 Å². The summed E-state index contributed by atoms with van der Waals surface area (Å²) in [7, 11) is 3.29. The maximum absolute atomic E-state index is 9.96. The molecular weight excluding hydrogens is 344 g/mol. The summed E-state index contributed by atoms with van der Waals surface area (Å²) in [6.07, 6.45) is 0.849. The van der Waals surface area contributed by atoms with E-state index in [2.05, 4.69) is 4.90 Å². The van der Waals surface area contributed by atoms with E-state index in [9.17, 15) is 5.11 Å². The maximum Gasteiger partial charge on any atom is 0.293 e. The summed E-state index contributed by atoms with van der Waals surface area (Å²) in [6, 6.07) is 14.5. The number of methoxy groups -OCH3 is 2. The van der Waals surface area contributed by atoms with Crippen LogP contribution < -0.4 is 9.47 Å². The number of para-hydroxylation sites is 1. The number of benzene rings is 2. The summed E-state index contributed by atoms with van der Waals surface area (Å²) >= 11 is 0. The van der Waals surface area contributed by atoms with Gasteiger partial charge in [0, 0.05) is 12.5 Å². The van der Waals surface area contributed by atoms with Crippen molar-refractivity contribution in [2.45, 2.75) is 12.5 Å². The van der Waals surface area contributed by atoms with E-state index in [0.717, 1.165) is 30.0 Å². The molecular formula is C21H24N2O4. The molecule has 27 heavy (non-hydrogen) atoms. The van der Waals surface area contributed by atoms with E-state index in [-0.39, 0.29) is 18.6 Å². The summed E-state index contributed by atoms with van der Waals surface area (Å²) in [6.45, 7) is 1.25. The molecule has 1 saturated heterocycles. The standard InChI is InChI=1S/C21H24N2O4/c1-25-18-10-14-8-9-23-20(17(14)11-19(18)26-2)15(12-24)13-27-21(23)22-16-6-4-3-5-7-16/h3-7,10-11,15,20,24H,8-9,12-13H2,1-2H3/t15-,20-/m1/s1. The topological polar surface area (TPSA) is 63.5 Å². The van der Waals surface area contributed by atoms with Crippen LogP contribution >= 0.6 is 0 Å². The Bertz CT molecular complexity index is 838. The van der Waals surface area contributed by atoms with E-state index >= 15 is 0 Å². The Kier molecular flexibility index (Phi) is 4.90. The Labute approximate surface area is 159 Å². The van der Waals surface area contributed by atoms with Crippen molar-refractivity contribution in [3.8, 4) is 11.5 Å². The number of aliphatic hydroxyl groups is 1. The van der Waals surface area contributed by atoms with Gasteiger partial charge in [-0.3, -0.25) is 0 Å². The lowest BCUT2D eigenvalue weighted by Crippen LogP contribution is -2.50. The molecule has 4 rings (SSSR count). The van der Waals surface area contributed by atoms with Crippen LogP contribution in [0.25, 0.3) is 0 Å². The highest BCUT2D eigenvalue weighted by molar-refractivity contribution is 5.79. The van der Waals surface area contributed by atoms with Gasteiger partial charge >= 0.3 is 0 Å². The fourth-order valence-corrected chi connectivity index (χ4v) is 3.92. The zero-order chi connectivity index (χ0) is 18.8. The highest BCUT2D eigenvalue weighted by Gasteiger charge is 2.40. The van der Waals surface area contributed by atoms with Crippen LogP contribution in [0, 0.1) is 5.92 Å². The van der Waals surface area contributed by atoms with Crippen LogP contribution in [0.4, 0.5) is 5.69 Å². The van der Waals surface area contributed by atoms with Crippen LogP contribution in [0.5, 0.6) is 11.5 Å². The van der Waals surface area contributed by atoms with Crippen molar-refractivity contribution in [2.24, 2.45) is 10.9 Å². The molecule has 0 aliphatic carbocycles. The Morgan fingerprint density at radius 3 is 2.59 bits per heavy atom. The molecule has 0 aromatic heterocycles. The molecule has 0 spiro atoms. The molecule has 2 atom stereocenters. The lowest BCUT2D eigenvalue weighted by Gasteiger charge is -2.45. The number of ether oxygens (including phenoxy) is 3. The fourth-order valence-electron chi connectivity index (χ4n) is 3.92. The highest BCUT2D eigenvalue weighted by atomic mass is 16.5. The van der Waals surface area contributed by atoms with Gasteiger partial charge in [-0.25, -0.2) is 0 Å². The van der Waals surface area contributed by atoms with Crippen LogP contribution in [0.2, 0.25) is 0 Å². The number of aliphatic imine (C=N–C) groups is 1. The number of hydrogen-bond donors (Lipinski definition) is 1. The van der Waals surface area contributed by atoms with Gasteiger partial charge < -0.3 is 24.2 Å². The number of amidine groups is 1. The second-order valence-electron chi connectivity index (χ2n) is 6.78. The largest absolute Gasteiger partial charge is 0.493 e. The summed E-state index contributed by atoms with van der Waals surface area (Å²) in [5.41, 5.74) is 3.21. The minimum atomic E-state index is -0.0307. The number of fused-ring (bicyclic) bond motifs is 3. The van der Waals surface area contributed by atoms with Gasteiger partial charge in [-0.05, 0) is 41.8 Å². The number of rotatable bonds is 4. The first-order valence-corrected chi connectivity index (χ1v) is 9.14. The maximum atomic E-state index is 9.96. The number of nitrogens with zero attached hydrogens (tertiary/aromatic N) is 2.